The minimum absolute atomic E-state index is 0.357. The zero-order valence-corrected chi connectivity index (χ0v) is 13.4. The maximum Gasteiger partial charge on any atom is 0.0603 e. The Balaban J connectivity index is 2.46. The van der Waals surface area contributed by atoms with Gasteiger partial charge in [-0.25, -0.2) is 0 Å². The van der Waals surface area contributed by atoms with Crippen molar-refractivity contribution in [1.82, 2.24) is 0 Å². The van der Waals surface area contributed by atoms with Gasteiger partial charge in [-0.1, -0.05) is 56.0 Å². The van der Waals surface area contributed by atoms with Gasteiger partial charge in [-0.15, -0.1) is 0 Å². The van der Waals surface area contributed by atoms with E-state index in [0.717, 1.165) is 17.9 Å². The summed E-state index contributed by atoms with van der Waals surface area (Å²) in [6, 6.07) is 0. The zero-order chi connectivity index (χ0) is 12.7. The van der Waals surface area contributed by atoms with Crippen LogP contribution in [0.1, 0.15) is 65.7 Å². The fourth-order valence-corrected chi connectivity index (χ4v) is 3.78. The molecule has 1 nitrogen and oxygen atoms in total. The standard InChI is InChI=1S/C15H29BrO/c1-4-13-9-7-8-10-14(13)17-12-15(5-2,6-3)11-16/h13-14H,4-12H2,1-3H3. The highest BCUT2D eigenvalue weighted by Gasteiger charge is 2.30. The lowest BCUT2D eigenvalue weighted by molar-refractivity contribution is -0.0501. The third-order valence-corrected chi connectivity index (χ3v) is 5.94. The summed E-state index contributed by atoms with van der Waals surface area (Å²) >= 11 is 3.67. The molecule has 0 radical (unpaired) electrons. The van der Waals surface area contributed by atoms with E-state index in [0.29, 0.717) is 11.5 Å². The van der Waals surface area contributed by atoms with Crippen molar-refractivity contribution in [3.63, 3.8) is 0 Å². The van der Waals surface area contributed by atoms with Crippen molar-refractivity contribution in [3.05, 3.63) is 0 Å². The second kappa shape index (κ2) is 7.78. The van der Waals surface area contributed by atoms with Crippen molar-refractivity contribution in [1.29, 1.82) is 0 Å². The van der Waals surface area contributed by atoms with E-state index in [1.54, 1.807) is 0 Å². The SMILES string of the molecule is CCC1CCCCC1OCC(CC)(CC)CBr. The lowest BCUT2D eigenvalue weighted by Gasteiger charge is -2.36. The van der Waals surface area contributed by atoms with Gasteiger partial charge in [0.15, 0.2) is 0 Å². The van der Waals surface area contributed by atoms with Crippen molar-refractivity contribution in [2.45, 2.75) is 71.8 Å². The van der Waals surface area contributed by atoms with E-state index in [1.165, 1.54) is 44.9 Å². The fraction of sp³-hybridized carbons (Fsp3) is 1.00. The van der Waals surface area contributed by atoms with Crippen molar-refractivity contribution in [3.8, 4) is 0 Å². The van der Waals surface area contributed by atoms with E-state index in [-0.39, 0.29) is 0 Å². The molecule has 2 heteroatoms. The number of alkyl halides is 1. The smallest absolute Gasteiger partial charge is 0.0603 e. The number of halogens is 1. The number of rotatable bonds is 7. The second-order valence-electron chi connectivity index (χ2n) is 5.64. The molecule has 0 aromatic heterocycles. The van der Waals surface area contributed by atoms with E-state index in [9.17, 15) is 0 Å². The van der Waals surface area contributed by atoms with Crippen LogP contribution in [0.15, 0.2) is 0 Å². The van der Waals surface area contributed by atoms with Crippen LogP contribution in [-0.2, 0) is 4.74 Å². The van der Waals surface area contributed by atoms with Crippen molar-refractivity contribution < 1.29 is 4.74 Å². The predicted molar refractivity (Wildman–Crippen MR) is 78.8 cm³/mol. The summed E-state index contributed by atoms with van der Waals surface area (Å²) in [5.41, 5.74) is 0.357. The minimum atomic E-state index is 0.357. The Hall–Kier alpha value is 0.440. The summed E-state index contributed by atoms with van der Waals surface area (Å²) in [5.74, 6) is 0.811. The number of ether oxygens (including phenoxy) is 1. The van der Waals surface area contributed by atoms with E-state index in [4.69, 9.17) is 4.74 Å². The molecule has 0 N–H and O–H groups in total. The van der Waals surface area contributed by atoms with E-state index >= 15 is 0 Å². The predicted octanol–water partition coefficient (Wildman–Crippen LogP) is 5.17. The minimum Gasteiger partial charge on any atom is -0.377 e. The van der Waals surface area contributed by atoms with Gasteiger partial charge in [0.1, 0.15) is 0 Å². The molecule has 17 heavy (non-hydrogen) atoms. The summed E-state index contributed by atoms with van der Waals surface area (Å²) in [7, 11) is 0. The molecule has 2 unspecified atom stereocenters. The first kappa shape index (κ1) is 15.5. The molecule has 1 rings (SSSR count). The summed E-state index contributed by atoms with van der Waals surface area (Å²) in [5, 5.41) is 1.07. The number of hydrogen-bond donors (Lipinski definition) is 0. The Labute approximate surface area is 116 Å². The molecule has 0 saturated heterocycles. The molecular formula is C15H29BrO. The van der Waals surface area contributed by atoms with Gasteiger partial charge < -0.3 is 4.74 Å². The van der Waals surface area contributed by atoms with Crippen molar-refractivity contribution in [2.24, 2.45) is 11.3 Å². The Morgan fingerprint density at radius 3 is 2.29 bits per heavy atom. The van der Waals surface area contributed by atoms with Gasteiger partial charge in [0.25, 0.3) is 0 Å². The van der Waals surface area contributed by atoms with Gasteiger partial charge in [0.05, 0.1) is 12.7 Å². The van der Waals surface area contributed by atoms with Gasteiger partial charge >= 0.3 is 0 Å². The zero-order valence-electron chi connectivity index (χ0n) is 11.8. The molecule has 0 amide bonds. The van der Waals surface area contributed by atoms with Crippen LogP contribution in [0.2, 0.25) is 0 Å². The molecule has 0 heterocycles. The Morgan fingerprint density at radius 2 is 1.76 bits per heavy atom. The molecule has 1 aliphatic rings. The van der Waals surface area contributed by atoms with Crippen LogP contribution in [0.4, 0.5) is 0 Å². The molecule has 102 valence electrons. The lowest BCUT2D eigenvalue weighted by Crippen LogP contribution is -2.34. The van der Waals surface area contributed by atoms with Crippen LogP contribution in [0.25, 0.3) is 0 Å². The Morgan fingerprint density at radius 1 is 1.12 bits per heavy atom. The van der Waals surface area contributed by atoms with Crippen LogP contribution in [0, 0.1) is 11.3 Å². The van der Waals surface area contributed by atoms with Gasteiger partial charge in [0, 0.05) is 10.7 Å². The van der Waals surface area contributed by atoms with E-state index < -0.39 is 0 Å². The third kappa shape index (κ3) is 4.24. The molecular weight excluding hydrogens is 276 g/mol. The van der Waals surface area contributed by atoms with E-state index in [2.05, 4.69) is 36.7 Å². The molecule has 0 aromatic carbocycles. The van der Waals surface area contributed by atoms with Gasteiger partial charge in [-0.3, -0.25) is 0 Å². The summed E-state index contributed by atoms with van der Waals surface area (Å²) < 4.78 is 6.29. The second-order valence-corrected chi connectivity index (χ2v) is 6.20. The Kier molecular flexibility index (Phi) is 7.10. The van der Waals surface area contributed by atoms with Gasteiger partial charge in [0.2, 0.25) is 0 Å². The van der Waals surface area contributed by atoms with Gasteiger partial charge in [-0.05, 0) is 31.6 Å². The monoisotopic (exact) mass is 304 g/mol. The lowest BCUT2D eigenvalue weighted by atomic mass is 9.83. The largest absolute Gasteiger partial charge is 0.377 e. The normalized spacial score (nSPS) is 26.1. The number of hydrogen-bond acceptors (Lipinski definition) is 1. The quantitative estimate of drug-likeness (QED) is 0.589. The molecule has 0 bridgehead atoms. The highest BCUT2D eigenvalue weighted by Crippen LogP contribution is 2.34. The van der Waals surface area contributed by atoms with Crippen LogP contribution < -0.4 is 0 Å². The van der Waals surface area contributed by atoms with E-state index in [1.807, 2.05) is 0 Å². The average molecular weight is 305 g/mol. The summed E-state index contributed by atoms with van der Waals surface area (Å²) in [6.07, 6.45) is 9.65. The molecule has 2 atom stereocenters. The first-order valence-electron chi connectivity index (χ1n) is 7.39. The first-order chi connectivity index (χ1) is 8.21. The first-order valence-corrected chi connectivity index (χ1v) is 8.51. The van der Waals surface area contributed by atoms with Crippen molar-refractivity contribution in [2.75, 3.05) is 11.9 Å². The van der Waals surface area contributed by atoms with Crippen LogP contribution in [0.3, 0.4) is 0 Å². The van der Waals surface area contributed by atoms with Crippen LogP contribution >= 0.6 is 15.9 Å². The summed E-state index contributed by atoms with van der Waals surface area (Å²) in [6.45, 7) is 7.81. The van der Waals surface area contributed by atoms with Crippen LogP contribution in [-0.4, -0.2) is 18.0 Å². The molecule has 1 fully saturated rings. The third-order valence-electron chi connectivity index (χ3n) is 4.75. The van der Waals surface area contributed by atoms with Crippen molar-refractivity contribution >= 4 is 15.9 Å². The maximum atomic E-state index is 6.29. The molecule has 0 spiro atoms. The topological polar surface area (TPSA) is 9.23 Å². The van der Waals surface area contributed by atoms with Gasteiger partial charge in [-0.2, -0.15) is 0 Å². The Bertz CT molecular complexity index is 193. The molecule has 0 aromatic rings. The summed E-state index contributed by atoms with van der Waals surface area (Å²) in [4.78, 5) is 0. The molecule has 1 saturated carbocycles. The van der Waals surface area contributed by atoms with Crippen LogP contribution in [0.5, 0.6) is 0 Å². The fourth-order valence-electron chi connectivity index (χ4n) is 2.83. The average Bonchev–Trinajstić information content (AvgIpc) is 2.41. The highest BCUT2D eigenvalue weighted by atomic mass is 79.9. The molecule has 0 aliphatic heterocycles. The molecule has 1 aliphatic carbocycles. The maximum absolute atomic E-state index is 6.29. The highest BCUT2D eigenvalue weighted by molar-refractivity contribution is 9.09.